The zero-order valence-electron chi connectivity index (χ0n) is 7.77. The molecule has 1 rings (SSSR count). The molecule has 0 N–H and O–H groups in total. The summed E-state index contributed by atoms with van der Waals surface area (Å²) in [6.07, 6.45) is 4.89. The van der Waals surface area contributed by atoms with Crippen molar-refractivity contribution in [1.29, 1.82) is 0 Å². The van der Waals surface area contributed by atoms with Crippen molar-refractivity contribution in [3.63, 3.8) is 0 Å². The molecule has 4 heteroatoms. The molecule has 0 heterocycles. The van der Waals surface area contributed by atoms with Gasteiger partial charge in [-0.3, -0.25) is 0 Å². The molecular weight excluding hydrogens is 220 g/mol. The Morgan fingerprint density at radius 1 is 1.29 bits per heavy atom. The van der Waals surface area contributed by atoms with E-state index in [1.165, 1.54) is 12.1 Å². The second-order valence-electron chi connectivity index (χ2n) is 2.82. The van der Waals surface area contributed by atoms with Gasteiger partial charge in [0.2, 0.25) is 0 Å². The van der Waals surface area contributed by atoms with Crippen LogP contribution in [0.3, 0.4) is 0 Å². The molecule has 14 heavy (non-hydrogen) atoms. The second kappa shape index (κ2) is 4.62. The normalized spacial score (nSPS) is 12.1. The molecule has 0 aliphatic carbocycles. The highest BCUT2D eigenvalue weighted by Crippen LogP contribution is 2.15. The third-order valence-electron chi connectivity index (χ3n) is 1.71. The van der Waals surface area contributed by atoms with Crippen molar-refractivity contribution in [2.45, 2.75) is 18.2 Å². The summed E-state index contributed by atoms with van der Waals surface area (Å²) < 4.78 is 21.8. The molecule has 0 aliphatic heterocycles. The quantitative estimate of drug-likeness (QED) is 0.748. The summed E-state index contributed by atoms with van der Waals surface area (Å²) in [4.78, 5) is 0.132. The molecule has 1 aromatic rings. The number of hydrogen-bond acceptors (Lipinski definition) is 2. The van der Waals surface area contributed by atoms with Crippen molar-refractivity contribution in [3.05, 3.63) is 35.9 Å². The maximum Gasteiger partial charge on any atom is 0.261 e. The molecule has 0 fully saturated rings. The van der Waals surface area contributed by atoms with Gasteiger partial charge in [0.15, 0.2) is 0 Å². The van der Waals surface area contributed by atoms with E-state index in [0.717, 1.165) is 12.0 Å². The van der Waals surface area contributed by atoms with E-state index in [-0.39, 0.29) is 4.90 Å². The molecule has 2 nitrogen and oxygen atoms in total. The fourth-order valence-corrected chi connectivity index (χ4v) is 1.77. The Labute approximate surface area is 88.6 Å². The summed E-state index contributed by atoms with van der Waals surface area (Å²) in [6, 6.07) is 6.44. The largest absolute Gasteiger partial charge is 0.261 e. The van der Waals surface area contributed by atoms with Gasteiger partial charge in [0.25, 0.3) is 9.05 Å². The monoisotopic (exact) mass is 230 g/mol. The van der Waals surface area contributed by atoms with Crippen LogP contribution < -0.4 is 0 Å². The Bertz CT molecular complexity index is 418. The minimum atomic E-state index is -3.59. The van der Waals surface area contributed by atoms with E-state index < -0.39 is 9.05 Å². The van der Waals surface area contributed by atoms with Crippen LogP contribution in [0.1, 0.15) is 18.9 Å². The zero-order valence-corrected chi connectivity index (χ0v) is 9.35. The molecule has 1 aromatic carbocycles. The number of benzene rings is 1. The first-order valence-electron chi connectivity index (χ1n) is 4.25. The fraction of sp³-hybridized carbons (Fsp3) is 0.200. The highest BCUT2D eigenvalue weighted by molar-refractivity contribution is 8.13. The smallest absolute Gasteiger partial charge is 0.207 e. The molecule has 0 aromatic heterocycles. The Hall–Kier alpha value is -0.800. The van der Waals surface area contributed by atoms with Gasteiger partial charge in [-0.05, 0) is 24.1 Å². The van der Waals surface area contributed by atoms with E-state index in [1.54, 1.807) is 12.1 Å². The molecule has 0 atom stereocenters. The van der Waals surface area contributed by atoms with Crippen LogP contribution in [0.5, 0.6) is 0 Å². The second-order valence-corrected chi connectivity index (χ2v) is 5.38. The van der Waals surface area contributed by atoms with Gasteiger partial charge in [-0.25, -0.2) is 8.42 Å². The topological polar surface area (TPSA) is 34.1 Å². The van der Waals surface area contributed by atoms with Gasteiger partial charge in [0.1, 0.15) is 0 Å². The van der Waals surface area contributed by atoms with Crippen LogP contribution in [0, 0.1) is 0 Å². The molecule has 0 unspecified atom stereocenters. The molecule has 0 aliphatic rings. The van der Waals surface area contributed by atoms with Crippen molar-refractivity contribution in [1.82, 2.24) is 0 Å². The average Bonchev–Trinajstić information content (AvgIpc) is 2.14. The number of halogens is 1. The first-order chi connectivity index (χ1) is 6.54. The van der Waals surface area contributed by atoms with E-state index in [0.29, 0.717) is 0 Å². The molecule has 0 bridgehead atoms. The van der Waals surface area contributed by atoms with Crippen LogP contribution in [0.15, 0.2) is 35.2 Å². The van der Waals surface area contributed by atoms with Crippen molar-refractivity contribution in [3.8, 4) is 0 Å². The van der Waals surface area contributed by atoms with Crippen LogP contribution in [-0.4, -0.2) is 8.42 Å². The molecular formula is C10H11ClO2S. The van der Waals surface area contributed by atoms with E-state index in [1.807, 2.05) is 19.1 Å². The third kappa shape index (κ3) is 3.16. The molecule has 0 saturated carbocycles. The van der Waals surface area contributed by atoms with Crippen LogP contribution in [-0.2, 0) is 9.05 Å². The van der Waals surface area contributed by atoms with Gasteiger partial charge in [-0.2, -0.15) is 0 Å². The number of rotatable bonds is 3. The Balaban J connectivity index is 2.95. The molecule has 76 valence electrons. The Morgan fingerprint density at radius 3 is 2.29 bits per heavy atom. The fourth-order valence-electron chi connectivity index (χ4n) is 0.995. The minimum absolute atomic E-state index is 0.132. The van der Waals surface area contributed by atoms with Gasteiger partial charge in [0, 0.05) is 10.7 Å². The highest BCUT2D eigenvalue weighted by Gasteiger charge is 2.07. The summed E-state index contributed by atoms with van der Waals surface area (Å²) in [7, 11) is 1.58. The van der Waals surface area contributed by atoms with Gasteiger partial charge in [-0.1, -0.05) is 31.2 Å². The Kier molecular flexibility index (Phi) is 3.72. The summed E-state index contributed by atoms with van der Waals surface area (Å²) >= 11 is 0. The summed E-state index contributed by atoms with van der Waals surface area (Å²) in [5.41, 5.74) is 0.968. The van der Waals surface area contributed by atoms with Crippen molar-refractivity contribution < 1.29 is 8.42 Å². The van der Waals surface area contributed by atoms with Crippen molar-refractivity contribution in [2.75, 3.05) is 0 Å². The zero-order chi connectivity index (χ0) is 10.6. The average molecular weight is 231 g/mol. The lowest BCUT2D eigenvalue weighted by Crippen LogP contribution is -1.89. The first-order valence-corrected chi connectivity index (χ1v) is 6.56. The Morgan fingerprint density at radius 2 is 1.86 bits per heavy atom. The van der Waals surface area contributed by atoms with Crippen molar-refractivity contribution >= 4 is 25.8 Å². The molecule has 0 radical (unpaired) electrons. The van der Waals surface area contributed by atoms with Crippen LogP contribution >= 0.6 is 10.7 Å². The maximum absolute atomic E-state index is 10.9. The lowest BCUT2D eigenvalue weighted by atomic mass is 10.2. The van der Waals surface area contributed by atoms with Crippen LogP contribution in [0.25, 0.3) is 6.08 Å². The lowest BCUT2D eigenvalue weighted by Gasteiger charge is -1.96. The number of allylic oxidation sites excluding steroid dienone is 1. The highest BCUT2D eigenvalue weighted by atomic mass is 35.7. The maximum atomic E-state index is 10.9. The van der Waals surface area contributed by atoms with Gasteiger partial charge < -0.3 is 0 Å². The van der Waals surface area contributed by atoms with Gasteiger partial charge in [-0.15, -0.1) is 0 Å². The summed E-state index contributed by atoms with van der Waals surface area (Å²) in [5.74, 6) is 0. The summed E-state index contributed by atoms with van der Waals surface area (Å²) in [6.45, 7) is 2.04. The van der Waals surface area contributed by atoms with Gasteiger partial charge in [0.05, 0.1) is 4.90 Å². The first kappa shape index (κ1) is 11.3. The summed E-state index contributed by atoms with van der Waals surface area (Å²) in [5, 5.41) is 0. The van der Waals surface area contributed by atoms with E-state index in [4.69, 9.17) is 10.7 Å². The van der Waals surface area contributed by atoms with E-state index >= 15 is 0 Å². The SMILES string of the molecule is CCC=Cc1ccc(S(=O)(=O)Cl)cc1. The van der Waals surface area contributed by atoms with E-state index in [2.05, 4.69) is 0 Å². The predicted molar refractivity (Wildman–Crippen MR) is 58.8 cm³/mol. The molecule has 0 saturated heterocycles. The third-order valence-corrected chi connectivity index (χ3v) is 3.08. The van der Waals surface area contributed by atoms with Crippen LogP contribution in [0.4, 0.5) is 0 Å². The minimum Gasteiger partial charge on any atom is -0.207 e. The van der Waals surface area contributed by atoms with Crippen LogP contribution in [0.2, 0.25) is 0 Å². The van der Waals surface area contributed by atoms with Gasteiger partial charge >= 0.3 is 0 Å². The standard InChI is InChI=1S/C10H11ClO2S/c1-2-3-4-9-5-7-10(8-6-9)14(11,12)13/h3-8H,2H2,1H3. The predicted octanol–water partition coefficient (Wildman–Crippen LogP) is 3.04. The lowest BCUT2D eigenvalue weighted by molar-refractivity contribution is 0.609. The molecule has 0 spiro atoms. The van der Waals surface area contributed by atoms with Crippen molar-refractivity contribution in [2.24, 2.45) is 0 Å². The van der Waals surface area contributed by atoms with E-state index in [9.17, 15) is 8.42 Å². The molecule has 0 amide bonds. The number of hydrogen-bond donors (Lipinski definition) is 0.